The number of piperidine rings is 1. The highest BCUT2D eigenvalue weighted by Gasteiger charge is 2.24. The molecule has 4 nitrogen and oxygen atoms in total. The van der Waals surface area contributed by atoms with Crippen molar-refractivity contribution in [2.45, 2.75) is 51.9 Å². The second-order valence-corrected chi connectivity index (χ2v) is 5.73. The zero-order chi connectivity index (χ0) is 13.5. The number of likely N-dealkylation sites (tertiary alicyclic amines) is 1. The first-order valence-corrected chi connectivity index (χ1v) is 7.05. The van der Waals surface area contributed by atoms with Crippen LogP contribution < -0.4 is 0 Å². The van der Waals surface area contributed by atoms with E-state index < -0.39 is 6.10 Å². The summed E-state index contributed by atoms with van der Waals surface area (Å²) in [7, 11) is 1.66. The molecule has 4 unspecified atom stereocenters. The lowest BCUT2D eigenvalue weighted by Crippen LogP contribution is -2.45. The molecule has 0 aromatic rings. The molecule has 1 heterocycles. The van der Waals surface area contributed by atoms with E-state index in [1.165, 1.54) is 12.8 Å². The van der Waals surface area contributed by atoms with E-state index in [0.717, 1.165) is 12.5 Å². The molecule has 1 saturated heterocycles. The quantitative estimate of drug-likeness (QED) is 0.753. The predicted molar refractivity (Wildman–Crippen MR) is 72.7 cm³/mol. The lowest BCUT2D eigenvalue weighted by Gasteiger charge is -2.37. The fourth-order valence-electron chi connectivity index (χ4n) is 2.61. The van der Waals surface area contributed by atoms with Crippen molar-refractivity contribution in [3.8, 4) is 0 Å². The molecule has 1 rings (SSSR count). The summed E-state index contributed by atoms with van der Waals surface area (Å²) < 4.78 is 10.5. The van der Waals surface area contributed by atoms with Crippen LogP contribution in [-0.2, 0) is 9.47 Å². The molecule has 0 saturated carbocycles. The Balaban J connectivity index is 2.21. The highest BCUT2D eigenvalue weighted by Crippen LogP contribution is 2.22. The van der Waals surface area contributed by atoms with Crippen LogP contribution in [-0.4, -0.2) is 61.7 Å². The molecular formula is C14H29NO3. The van der Waals surface area contributed by atoms with Crippen molar-refractivity contribution in [3.63, 3.8) is 0 Å². The molecule has 0 aliphatic carbocycles. The average Bonchev–Trinajstić information content (AvgIpc) is 2.31. The van der Waals surface area contributed by atoms with Gasteiger partial charge in [0, 0.05) is 19.7 Å². The van der Waals surface area contributed by atoms with Crippen LogP contribution in [0.2, 0.25) is 0 Å². The summed E-state index contributed by atoms with van der Waals surface area (Å²) in [5.41, 5.74) is 0. The van der Waals surface area contributed by atoms with Gasteiger partial charge in [-0.2, -0.15) is 0 Å². The van der Waals surface area contributed by atoms with Crippen molar-refractivity contribution in [1.29, 1.82) is 0 Å². The Morgan fingerprint density at radius 2 is 2.06 bits per heavy atom. The zero-order valence-corrected chi connectivity index (χ0v) is 12.3. The Labute approximate surface area is 111 Å². The topological polar surface area (TPSA) is 41.9 Å². The summed E-state index contributed by atoms with van der Waals surface area (Å²) in [4.78, 5) is 2.37. The van der Waals surface area contributed by atoms with Crippen molar-refractivity contribution in [2.24, 2.45) is 5.92 Å². The molecular weight excluding hydrogens is 230 g/mol. The van der Waals surface area contributed by atoms with Gasteiger partial charge in [-0.1, -0.05) is 6.92 Å². The summed E-state index contributed by atoms with van der Waals surface area (Å²) in [5, 5.41) is 9.99. The summed E-state index contributed by atoms with van der Waals surface area (Å²) in [6.45, 7) is 9.28. The van der Waals surface area contributed by atoms with Gasteiger partial charge in [0.05, 0.1) is 25.4 Å². The van der Waals surface area contributed by atoms with Crippen molar-refractivity contribution < 1.29 is 14.6 Å². The molecule has 4 heteroatoms. The van der Waals surface area contributed by atoms with Crippen LogP contribution in [0.1, 0.15) is 33.6 Å². The highest BCUT2D eigenvalue weighted by molar-refractivity contribution is 4.78. The second-order valence-electron chi connectivity index (χ2n) is 5.73. The molecule has 0 spiro atoms. The number of hydrogen-bond donors (Lipinski definition) is 1. The third-order valence-electron chi connectivity index (χ3n) is 3.70. The van der Waals surface area contributed by atoms with Crippen LogP contribution in [0.3, 0.4) is 0 Å². The number of rotatable bonds is 7. The van der Waals surface area contributed by atoms with E-state index in [4.69, 9.17) is 9.47 Å². The summed E-state index contributed by atoms with van der Waals surface area (Å²) in [5.74, 6) is 0.811. The summed E-state index contributed by atoms with van der Waals surface area (Å²) in [6.07, 6.45) is 2.11. The first-order chi connectivity index (χ1) is 8.52. The minimum atomic E-state index is -0.403. The SMILES string of the molecule is COCC(C)OCC(O)CN1CCC(C)CC1C. The van der Waals surface area contributed by atoms with Crippen molar-refractivity contribution >= 4 is 0 Å². The monoisotopic (exact) mass is 259 g/mol. The molecule has 0 radical (unpaired) electrons. The number of nitrogens with zero attached hydrogens (tertiary/aromatic N) is 1. The van der Waals surface area contributed by atoms with Crippen molar-refractivity contribution in [3.05, 3.63) is 0 Å². The minimum Gasteiger partial charge on any atom is -0.389 e. The van der Waals surface area contributed by atoms with Crippen LogP contribution in [0.25, 0.3) is 0 Å². The normalized spacial score (nSPS) is 29.2. The Hall–Kier alpha value is -0.160. The predicted octanol–water partition coefficient (Wildman–Crippen LogP) is 1.52. The van der Waals surface area contributed by atoms with Gasteiger partial charge < -0.3 is 14.6 Å². The van der Waals surface area contributed by atoms with Gasteiger partial charge in [-0.3, -0.25) is 4.90 Å². The van der Waals surface area contributed by atoms with Crippen molar-refractivity contribution in [1.82, 2.24) is 4.90 Å². The van der Waals surface area contributed by atoms with E-state index in [2.05, 4.69) is 18.7 Å². The number of methoxy groups -OCH3 is 1. The fraction of sp³-hybridized carbons (Fsp3) is 1.00. The van der Waals surface area contributed by atoms with Crippen LogP contribution in [0.4, 0.5) is 0 Å². The Bertz CT molecular complexity index is 225. The molecule has 0 aromatic heterocycles. The molecule has 4 atom stereocenters. The third kappa shape index (κ3) is 5.65. The Morgan fingerprint density at radius 3 is 2.67 bits per heavy atom. The molecule has 18 heavy (non-hydrogen) atoms. The van der Waals surface area contributed by atoms with E-state index >= 15 is 0 Å². The Morgan fingerprint density at radius 1 is 1.33 bits per heavy atom. The van der Waals surface area contributed by atoms with Gasteiger partial charge in [0.15, 0.2) is 0 Å². The van der Waals surface area contributed by atoms with E-state index in [-0.39, 0.29) is 6.10 Å². The van der Waals surface area contributed by atoms with Gasteiger partial charge in [0.25, 0.3) is 0 Å². The van der Waals surface area contributed by atoms with Gasteiger partial charge in [-0.05, 0) is 39.2 Å². The maximum atomic E-state index is 9.99. The standard InChI is InChI=1S/C14H29NO3/c1-11-5-6-15(12(2)7-11)8-14(16)10-18-13(3)9-17-4/h11-14,16H,5-10H2,1-4H3. The first kappa shape index (κ1) is 15.9. The average molecular weight is 259 g/mol. The van der Waals surface area contributed by atoms with Crippen molar-refractivity contribution in [2.75, 3.05) is 33.4 Å². The number of aliphatic hydroxyl groups excluding tert-OH is 1. The molecule has 1 fully saturated rings. The van der Waals surface area contributed by atoms with Gasteiger partial charge in [-0.25, -0.2) is 0 Å². The number of aliphatic hydroxyl groups is 1. The number of ether oxygens (including phenoxy) is 2. The molecule has 0 aromatic carbocycles. The molecule has 1 aliphatic rings. The van der Waals surface area contributed by atoms with Crippen LogP contribution in [0.15, 0.2) is 0 Å². The van der Waals surface area contributed by atoms with Crippen LogP contribution >= 0.6 is 0 Å². The van der Waals surface area contributed by atoms with E-state index in [9.17, 15) is 5.11 Å². The summed E-state index contributed by atoms with van der Waals surface area (Å²) >= 11 is 0. The van der Waals surface area contributed by atoms with E-state index in [1.54, 1.807) is 7.11 Å². The number of β-amino-alcohol motifs (C(OH)–C–C–N with tert-alkyl or cyclic N) is 1. The van der Waals surface area contributed by atoms with E-state index in [0.29, 0.717) is 25.8 Å². The third-order valence-corrected chi connectivity index (χ3v) is 3.70. The molecule has 1 aliphatic heterocycles. The van der Waals surface area contributed by atoms with Gasteiger partial charge in [0.1, 0.15) is 0 Å². The fourth-order valence-corrected chi connectivity index (χ4v) is 2.61. The molecule has 108 valence electrons. The second kappa shape index (κ2) is 8.10. The summed E-state index contributed by atoms with van der Waals surface area (Å²) in [6, 6.07) is 0.569. The van der Waals surface area contributed by atoms with Gasteiger partial charge in [0.2, 0.25) is 0 Å². The van der Waals surface area contributed by atoms with Crippen LogP contribution in [0, 0.1) is 5.92 Å². The first-order valence-electron chi connectivity index (χ1n) is 7.05. The maximum absolute atomic E-state index is 9.99. The minimum absolute atomic E-state index is 0.0449. The smallest absolute Gasteiger partial charge is 0.0900 e. The zero-order valence-electron chi connectivity index (χ0n) is 12.3. The lowest BCUT2D eigenvalue weighted by atomic mass is 9.93. The van der Waals surface area contributed by atoms with Gasteiger partial charge >= 0.3 is 0 Å². The lowest BCUT2D eigenvalue weighted by molar-refractivity contribution is -0.0457. The largest absolute Gasteiger partial charge is 0.389 e. The molecule has 0 bridgehead atoms. The molecule has 0 amide bonds. The van der Waals surface area contributed by atoms with Gasteiger partial charge in [-0.15, -0.1) is 0 Å². The van der Waals surface area contributed by atoms with E-state index in [1.807, 2.05) is 6.92 Å². The maximum Gasteiger partial charge on any atom is 0.0900 e. The highest BCUT2D eigenvalue weighted by atomic mass is 16.5. The van der Waals surface area contributed by atoms with Crippen LogP contribution in [0.5, 0.6) is 0 Å². The molecule has 1 N–H and O–H groups in total. The number of hydrogen-bond acceptors (Lipinski definition) is 4. The Kier molecular flexibility index (Phi) is 7.15.